The number of ether oxygens (including phenoxy) is 1. The largest absolute Gasteiger partial charge is 0.489 e. The molecule has 0 radical (unpaired) electrons. The first-order valence-electron chi connectivity index (χ1n) is 8.07. The molecule has 2 aromatic carbocycles. The van der Waals surface area contributed by atoms with Crippen LogP contribution in [0.5, 0.6) is 5.75 Å². The van der Waals surface area contributed by atoms with Crippen LogP contribution in [0.3, 0.4) is 0 Å². The highest BCUT2D eigenvalue weighted by Crippen LogP contribution is 2.31. The molecule has 1 N–H and O–H groups in total. The fourth-order valence-corrected chi connectivity index (χ4v) is 2.75. The van der Waals surface area contributed by atoms with Crippen LogP contribution >= 0.6 is 11.6 Å². The fraction of sp³-hybridized carbons (Fsp3) is 0.263. The molecule has 0 aliphatic heterocycles. The van der Waals surface area contributed by atoms with E-state index in [1.165, 1.54) is 0 Å². The molecule has 5 nitrogen and oxygen atoms in total. The summed E-state index contributed by atoms with van der Waals surface area (Å²) in [6.07, 6.45) is 0.0592. The number of anilines is 1. The topological polar surface area (TPSA) is 60.2 Å². The predicted octanol–water partition coefficient (Wildman–Crippen LogP) is 5.19. The Labute approximate surface area is 152 Å². The maximum Gasteiger partial charge on any atom is 0.258 e. The van der Waals surface area contributed by atoms with Crippen molar-refractivity contribution in [3.05, 3.63) is 47.0 Å². The Balaban J connectivity index is 1.88. The molecule has 0 saturated carbocycles. The van der Waals surface area contributed by atoms with Crippen molar-refractivity contribution in [3.63, 3.8) is 0 Å². The first-order chi connectivity index (χ1) is 12.0. The Morgan fingerprint density at radius 3 is 2.52 bits per heavy atom. The molecule has 1 aromatic heterocycles. The lowest BCUT2D eigenvalue weighted by atomic mass is 10.1. The second-order valence-electron chi connectivity index (χ2n) is 6.01. The SMILES string of the molecule is CNc1ccc(-c2nc(-c3ccc(OC(C)C)c(Cl)c3)no2)cc1C. The van der Waals surface area contributed by atoms with E-state index in [4.69, 9.17) is 20.9 Å². The summed E-state index contributed by atoms with van der Waals surface area (Å²) in [7, 11) is 1.89. The van der Waals surface area contributed by atoms with Crippen LogP contribution in [0.25, 0.3) is 22.8 Å². The Hall–Kier alpha value is -2.53. The molecule has 0 saturated heterocycles. The number of hydrogen-bond donors (Lipinski definition) is 1. The zero-order chi connectivity index (χ0) is 18.0. The van der Waals surface area contributed by atoms with Crippen molar-refractivity contribution in [2.45, 2.75) is 26.9 Å². The Morgan fingerprint density at radius 1 is 1.12 bits per heavy atom. The second kappa shape index (κ2) is 7.15. The van der Waals surface area contributed by atoms with Gasteiger partial charge in [-0.2, -0.15) is 4.98 Å². The van der Waals surface area contributed by atoms with Crippen LogP contribution in [-0.4, -0.2) is 23.3 Å². The van der Waals surface area contributed by atoms with E-state index in [9.17, 15) is 0 Å². The molecular formula is C19H20ClN3O2. The molecule has 25 heavy (non-hydrogen) atoms. The van der Waals surface area contributed by atoms with Crippen LogP contribution in [0.15, 0.2) is 40.9 Å². The van der Waals surface area contributed by atoms with Gasteiger partial charge in [-0.05, 0) is 62.7 Å². The van der Waals surface area contributed by atoms with Crippen molar-refractivity contribution in [2.24, 2.45) is 0 Å². The summed E-state index contributed by atoms with van der Waals surface area (Å²) in [4.78, 5) is 4.48. The van der Waals surface area contributed by atoms with Gasteiger partial charge < -0.3 is 14.6 Å². The molecule has 0 atom stereocenters. The van der Waals surface area contributed by atoms with Gasteiger partial charge in [-0.15, -0.1) is 0 Å². The Morgan fingerprint density at radius 2 is 1.88 bits per heavy atom. The number of aryl methyl sites for hydroxylation is 1. The van der Waals surface area contributed by atoms with Gasteiger partial charge in [0.1, 0.15) is 5.75 Å². The molecule has 0 bridgehead atoms. The van der Waals surface area contributed by atoms with Gasteiger partial charge >= 0.3 is 0 Å². The highest BCUT2D eigenvalue weighted by atomic mass is 35.5. The molecule has 0 amide bonds. The number of nitrogens with zero attached hydrogens (tertiary/aromatic N) is 2. The van der Waals surface area contributed by atoms with E-state index < -0.39 is 0 Å². The van der Waals surface area contributed by atoms with Crippen molar-refractivity contribution < 1.29 is 9.26 Å². The fourth-order valence-electron chi connectivity index (χ4n) is 2.52. The lowest BCUT2D eigenvalue weighted by Crippen LogP contribution is -2.05. The van der Waals surface area contributed by atoms with Gasteiger partial charge in [-0.25, -0.2) is 0 Å². The maximum atomic E-state index is 6.28. The summed E-state index contributed by atoms with van der Waals surface area (Å²) in [5.41, 5.74) is 3.83. The molecule has 3 aromatic rings. The number of rotatable bonds is 5. The third kappa shape index (κ3) is 3.77. The van der Waals surface area contributed by atoms with Crippen molar-refractivity contribution in [1.29, 1.82) is 0 Å². The molecule has 1 heterocycles. The van der Waals surface area contributed by atoms with Gasteiger partial charge in [0.25, 0.3) is 5.89 Å². The van der Waals surface area contributed by atoms with E-state index >= 15 is 0 Å². The minimum Gasteiger partial charge on any atom is -0.489 e. The number of nitrogens with one attached hydrogen (secondary N) is 1. The smallest absolute Gasteiger partial charge is 0.258 e. The van der Waals surface area contributed by atoms with E-state index in [1.807, 2.05) is 58.2 Å². The summed E-state index contributed by atoms with van der Waals surface area (Å²) in [5, 5.41) is 7.72. The summed E-state index contributed by atoms with van der Waals surface area (Å²) < 4.78 is 11.1. The lowest BCUT2D eigenvalue weighted by Gasteiger charge is -2.11. The quantitative estimate of drug-likeness (QED) is 0.680. The minimum atomic E-state index is 0.0592. The normalized spacial score (nSPS) is 11.0. The summed E-state index contributed by atoms with van der Waals surface area (Å²) in [5.74, 6) is 1.60. The third-order valence-corrected chi connectivity index (χ3v) is 4.02. The van der Waals surface area contributed by atoms with Crippen molar-refractivity contribution in [2.75, 3.05) is 12.4 Å². The summed E-state index contributed by atoms with van der Waals surface area (Å²) in [6, 6.07) is 11.4. The molecule has 0 unspecified atom stereocenters. The predicted molar refractivity (Wildman–Crippen MR) is 100 cm³/mol. The monoisotopic (exact) mass is 357 g/mol. The zero-order valence-corrected chi connectivity index (χ0v) is 15.4. The third-order valence-electron chi connectivity index (χ3n) is 3.72. The molecule has 0 aliphatic carbocycles. The first-order valence-corrected chi connectivity index (χ1v) is 8.45. The van der Waals surface area contributed by atoms with E-state index in [1.54, 1.807) is 6.07 Å². The number of hydrogen-bond acceptors (Lipinski definition) is 5. The van der Waals surface area contributed by atoms with Crippen LogP contribution in [0.1, 0.15) is 19.4 Å². The average molecular weight is 358 g/mol. The van der Waals surface area contributed by atoms with E-state index in [0.717, 1.165) is 22.4 Å². The van der Waals surface area contributed by atoms with Gasteiger partial charge in [-0.3, -0.25) is 0 Å². The van der Waals surface area contributed by atoms with E-state index in [2.05, 4.69) is 15.5 Å². The van der Waals surface area contributed by atoms with E-state index in [-0.39, 0.29) is 6.10 Å². The molecule has 0 fully saturated rings. The van der Waals surface area contributed by atoms with Crippen LogP contribution < -0.4 is 10.1 Å². The van der Waals surface area contributed by atoms with Crippen LogP contribution in [-0.2, 0) is 0 Å². The Bertz CT molecular complexity index is 890. The van der Waals surface area contributed by atoms with Gasteiger partial charge in [0.05, 0.1) is 11.1 Å². The van der Waals surface area contributed by atoms with Gasteiger partial charge in [0.2, 0.25) is 5.82 Å². The number of benzene rings is 2. The number of halogens is 1. The lowest BCUT2D eigenvalue weighted by molar-refractivity contribution is 0.242. The zero-order valence-electron chi connectivity index (χ0n) is 14.6. The van der Waals surface area contributed by atoms with Crippen LogP contribution in [0.4, 0.5) is 5.69 Å². The summed E-state index contributed by atoms with van der Waals surface area (Å²) >= 11 is 6.28. The first kappa shape index (κ1) is 17.3. The Kier molecular flexibility index (Phi) is 4.95. The van der Waals surface area contributed by atoms with Gasteiger partial charge in [0.15, 0.2) is 0 Å². The summed E-state index contributed by atoms with van der Waals surface area (Å²) in [6.45, 7) is 5.94. The average Bonchev–Trinajstić information content (AvgIpc) is 3.06. The minimum absolute atomic E-state index is 0.0592. The molecule has 0 aliphatic rings. The molecular weight excluding hydrogens is 338 g/mol. The molecule has 0 spiro atoms. The highest BCUT2D eigenvalue weighted by molar-refractivity contribution is 6.32. The van der Waals surface area contributed by atoms with Gasteiger partial charge in [0, 0.05) is 23.9 Å². The maximum absolute atomic E-state index is 6.28. The van der Waals surface area contributed by atoms with Crippen LogP contribution in [0, 0.1) is 6.92 Å². The van der Waals surface area contributed by atoms with Crippen molar-refractivity contribution in [1.82, 2.24) is 10.1 Å². The van der Waals surface area contributed by atoms with Crippen molar-refractivity contribution >= 4 is 17.3 Å². The van der Waals surface area contributed by atoms with Crippen molar-refractivity contribution in [3.8, 4) is 28.6 Å². The van der Waals surface area contributed by atoms with Gasteiger partial charge in [-0.1, -0.05) is 16.8 Å². The standard InChI is InChI=1S/C19H20ClN3O2/c1-11(2)24-17-8-6-13(10-15(17)20)18-22-19(25-23-18)14-5-7-16(21-4)12(3)9-14/h5-11,21H,1-4H3. The molecule has 3 rings (SSSR count). The number of aromatic nitrogens is 2. The van der Waals surface area contributed by atoms with Crippen LogP contribution in [0.2, 0.25) is 5.02 Å². The molecule has 130 valence electrons. The van der Waals surface area contributed by atoms with E-state index in [0.29, 0.717) is 22.5 Å². The molecule has 6 heteroatoms. The second-order valence-corrected chi connectivity index (χ2v) is 6.42. The highest BCUT2D eigenvalue weighted by Gasteiger charge is 2.13.